The van der Waals surface area contributed by atoms with Crippen molar-refractivity contribution in [1.29, 1.82) is 5.26 Å². The fraction of sp³-hybridized carbons (Fsp3) is 0.529. The Morgan fingerprint density at radius 3 is 2.52 bits per heavy atom. The van der Waals surface area contributed by atoms with Crippen LogP contribution in [0.4, 0.5) is 0 Å². The summed E-state index contributed by atoms with van der Waals surface area (Å²) in [6, 6.07) is 5.99. The number of aromatic nitrogens is 1. The summed E-state index contributed by atoms with van der Waals surface area (Å²) in [6.07, 6.45) is 10.0. The minimum absolute atomic E-state index is 0.359. The second-order valence-corrected chi connectivity index (χ2v) is 6.51. The lowest BCUT2D eigenvalue weighted by atomic mass is 9.70. The molecule has 2 atom stereocenters. The van der Waals surface area contributed by atoms with Gasteiger partial charge in [-0.3, -0.25) is 9.88 Å². The monoisotopic (exact) mass is 281 g/mol. The summed E-state index contributed by atoms with van der Waals surface area (Å²) in [5.41, 5.74) is 1.80. The predicted molar refractivity (Wildman–Crippen MR) is 78.7 cm³/mol. The number of aryl methyl sites for hydroxylation is 1. The predicted octanol–water partition coefficient (Wildman–Crippen LogP) is 1.95. The Labute approximate surface area is 125 Å². The van der Waals surface area contributed by atoms with Gasteiger partial charge in [0, 0.05) is 24.5 Å². The maximum Gasteiger partial charge on any atom is 0.0873 e. The van der Waals surface area contributed by atoms with Crippen molar-refractivity contribution in [2.24, 2.45) is 0 Å². The van der Waals surface area contributed by atoms with Crippen LogP contribution >= 0.6 is 0 Å². The summed E-state index contributed by atoms with van der Waals surface area (Å²) in [5, 5.41) is 9.90. The molecule has 0 aliphatic carbocycles. The summed E-state index contributed by atoms with van der Waals surface area (Å²) in [5.74, 6) is 0. The van der Waals surface area contributed by atoms with Crippen molar-refractivity contribution in [3.05, 3.63) is 41.7 Å². The van der Waals surface area contributed by atoms with Gasteiger partial charge >= 0.3 is 0 Å². The summed E-state index contributed by atoms with van der Waals surface area (Å²) in [4.78, 5) is 6.84. The van der Waals surface area contributed by atoms with Crippen LogP contribution in [0.5, 0.6) is 0 Å². The first-order valence-corrected chi connectivity index (χ1v) is 7.59. The number of pyridine rings is 1. The number of nitrogens with zero attached hydrogens (tertiary/aromatic N) is 3. The lowest BCUT2D eigenvalue weighted by Crippen LogP contribution is -2.59. The smallest absolute Gasteiger partial charge is 0.0873 e. The Kier molecular flexibility index (Phi) is 2.88. The molecular formula is C17H19N3O. The zero-order valence-electron chi connectivity index (χ0n) is 12.2. The third kappa shape index (κ3) is 1.92. The quantitative estimate of drug-likeness (QED) is 0.778. The van der Waals surface area contributed by atoms with Crippen LogP contribution in [0.25, 0.3) is 0 Å². The molecule has 108 valence electrons. The lowest BCUT2D eigenvalue weighted by molar-refractivity contribution is -0.0920. The fourth-order valence-corrected chi connectivity index (χ4v) is 3.99. The molecule has 2 fully saturated rings. The molecule has 21 heavy (non-hydrogen) atoms. The van der Waals surface area contributed by atoms with Crippen LogP contribution in [0.3, 0.4) is 0 Å². The number of rotatable bonds is 2. The van der Waals surface area contributed by atoms with Gasteiger partial charge in [0.05, 0.1) is 30.7 Å². The van der Waals surface area contributed by atoms with Crippen molar-refractivity contribution in [2.45, 2.75) is 43.3 Å². The van der Waals surface area contributed by atoms with Gasteiger partial charge < -0.3 is 4.74 Å². The molecule has 2 saturated heterocycles. The molecule has 4 heterocycles. The summed E-state index contributed by atoms with van der Waals surface area (Å²) >= 11 is 0. The van der Waals surface area contributed by atoms with Crippen LogP contribution in [0.15, 0.2) is 30.6 Å². The van der Waals surface area contributed by atoms with Crippen LogP contribution in [-0.4, -0.2) is 41.2 Å². The van der Waals surface area contributed by atoms with E-state index in [1.807, 2.05) is 19.3 Å². The highest BCUT2D eigenvalue weighted by Crippen LogP contribution is 2.45. The number of hydrogen-bond donors (Lipinski definition) is 0. The van der Waals surface area contributed by atoms with E-state index >= 15 is 0 Å². The van der Waals surface area contributed by atoms with E-state index in [9.17, 15) is 5.26 Å². The maximum absolute atomic E-state index is 9.90. The zero-order valence-corrected chi connectivity index (χ0v) is 12.2. The first kappa shape index (κ1) is 13.0. The van der Waals surface area contributed by atoms with Crippen molar-refractivity contribution in [3.63, 3.8) is 0 Å². The molecule has 3 aliphatic rings. The molecule has 0 radical (unpaired) electrons. The molecule has 0 saturated carbocycles. The van der Waals surface area contributed by atoms with Crippen molar-refractivity contribution in [2.75, 3.05) is 13.2 Å². The molecule has 0 N–H and O–H groups in total. The van der Waals surface area contributed by atoms with Gasteiger partial charge in [-0.2, -0.15) is 5.26 Å². The second-order valence-electron chi connectivity index (χ2n) is 6.51. The van der Waals surface area contributed by atoms with Gasteiger partial charge in [0.2, 0.25) is 0 Å². The van der Waals surface area contributed by atoms with Gasteiger partial charge in [-0.25, -0.2) is 0 Å². The first-order chi connectivity index (χ1) is 10.2. The Morgan fingerprint density at radius 2 is 2.00 bits per heavy atom. The second kappa shape index (κ2) is 4.66. The summed E-state index contributed by atoms with van der Waals surface area (Å²) in [6.45, 7) is 3.70. The van der Waals surface area contributed by atoms with Gasteiger partial charge in [-0.1, -0.05) is 18.2 Å². The highest BCUT2D eigenvalue weighted by Gasteiger charge is 2.50. The molecule has 0 aromatic carbocycles. The Bertz CT molecular complexity index is 613. The summed E-state index contributed by atoms with van der Waals surface area (Å²) in [7, 11) is 0. The molecule has 3 aliphatic heterocycles. The van der Waals surface area contributed by atoms with Crippen LogP contribution in [-0.2, 0) is 10.2 Å². The van der Waals surface area contributed by atoms with E-state index < -0.39 is 5.41 Å². The van der Waals surface area contributed by atoms with Gasteiger partial charge in [0.25, 0.3) is 0 Å². The Balaban J connectivity index is 1.66. The van der Waals surface area contributed by atoms with E-state index in [0.717, 1.165) is 37.2 Å². The number of nitriles is 1. The SMILES string of the molecule is Cc1cncc(C2(C#N)CC3C=CC(C2)N3C2COC2)c1. The third-order valence-electron chi connectivity index (χ3n) is 5.12. The van der Waals surface area contributed by atoms with Gasteiger partial charge in [-0.05, 0) is 30.9 Å². The molecule has 2 unspecified atom stereocenters. The molecule has 4 rings (SSSR count). The lowest BCUT2D eigenvalue weighted by Gasteiger charge is -2.49. The van der Waals surface area contributed by atoms with Gasteiger partial charge in [-0.15, -0.1) is 0 Å². The number of hydrogen-bond acceptors (Lipinski definition) is 4. The molecule has 0 spiro atoms. The minimum atomic E-state index is -0.404. The highest BCUT2D eigenvalue weighted by atomic mass is 16.5. The van der Waals surface area contributed by atoms with E-state index in [4.69, 9.17) is 4.74 Å². The average Bonchev–Trinajstić information content (AvgIpc) is 2.70. The van der Waals surface area contributed by atoms with E-state index in [2.05, 4.69) is 34.2 Å². The molecule has 2 bridgehead atoms. The molecule has 1 aromatic heterocycles. The number of piperidine rings is 1. The Hall–Kier alpha value is -1.70. The van der Waals surface area contributed by atoms with E-state index in [-0.39, 0.29) is 0 Å². The molecular weight excluding hydrogens is 262 g/mol. The van der Waals surface area contributed by atoms with E-state index in [0.29, 0.717) is 18.1 Å². The fourth-order valence-electron chi connectivity index (χ4n) is 3.99. The maximum atomic E-state index is 9.90. The molecule has 1 aromatic rings. The van der Waals surface area contributed by atoms with Crippen molar-refractivity contribution in [1.82, 2.24) is 9.88 Å². The van der Waals surface area contributed by atoms with Crippen LogP contribution < -0.4 is 0 Å². The van der Waals surface area contributed by atoms with Gasteiger partial charge in [0.1, 0.15) is 0 Å². The third-order valence-corrected chi connectivity index (χ3v) is 5.12. The molecule has 0 amide bonds. The first-order valence-electron chi connectivity index (χ1n) is 7.59. The summed E-state index contributed by atoms with van der Waals surface area (Å²) < 4.78 is 5.35. The van der Waals surface area contributed by atoms with Crippen LogP contribution in [0, 0.1) is 18.3 Å². The van der Waals surface area contributed by atoms with Crippen molar-refractivity contribution >= 4 is 0 Å². The largest absolute Gasteiger partial charge is 0.378 e. The van der Waals surface area contributed by atoms with Crippen LogP contribution in [0.2, 0.25) is 0 Å². The standard InChI is InChI=1S/C17H19N3O/c1-12-4-13(8-19-7-12)17(11-18)5-14-2-3-15(6-17)20(14)16-9-21-10-16/h2-4,7-8,14-16H,5-6,9-10H2,1H3. The normalized spacial score (nSPS) is 35.4. The van der Waals surface area contributed by atoms with Crippen LogP contribution in [0.1, 0.15) is 24.0 Å². The Morgan fingerprint density at radius 1 is 1.29 bits per heavy atom. The minimum Gasteiger partial charge on any atom is -0.378 e. The molecule has 4 heteroatoms. The van der Waals surface area contributed by atoms with Crippen molar-refractivity contribution < 1.29 is 4.74 Å². The average molecular weight is 281 g/mol. The van der Waals surface area contributed by atoms with E-state index in [1.165, 1.54) is 0 Å². The van der Waals surface area contributed by atoms with E-state index in [1.54, 1.807) is 0 Å². The highest BCUT2D eigenvalue weighted by molar-refractivity contribution is 5.37. The van der Waals surface area contributed by atoms with Crippen molar-refractivity contribution in [3.8, 4) is 6.07 Å². The topological polar surface area (TPSA) is 49.2 Å². The number of ether oxygens (including phenoxy) is 1. The zero-order chi connectivity index (χ0) is 14.4. The molecule has 4 nitrogen and oxygen atoms in total. The number of fused-ring (bicyclic) bond motifs is 2. The van der Waals surface area contributed by atoms with Gasteiger partial charge in [0.15, 0.2) is 0 Å².